The van der Waals surface area contributed by atoms with Crippen molar-refractivity contribution in [3.8, 4) is 11.5 Å². The first-order valence-electron chi connectivity index (χ1n) is 6.95. The van der Waals surface area contributed by atoms with Gasteiger partial charge in [0, 0.05) is 6.04 Å². The Hall–Kier alpha value is -2.07. The maximum atomic E-state index is 13.7. The minimum Gasteiger partial charge on any atom is -0.508 e. The van der Waals surface area contributed by atoms with Gasteiger partial charge in [0.05, 0.1) is 7.11 Å². The molecule has 0 aliphatic rings. The topological polar surface area (TPSA) is 41.5 Å². The third kappa shape index (κ3) is 4.20. The molecule has 2 rings (SSSR count). The number of benzene rings is 2. The van der Waals surface area contributed by atoms with E-state index in [2.05, 4.69) is 5.32 Å². The van der Waals surface area contributed by atoms with Crippen LogP contribution in [0.4, 0.5) is 4.39 Å². The van der Waals surface area contributed by atoms with Crippen LogP contribution in [0.3, 0.4) is 0 Å². The molecule has 21 heavy (non-hydrogen) atoms. The first-order chi connectivity index (χ1) is 10.1. The van der Waals surface area contributed by atoms with Crippen molar-refractivity contribution in [2.45, 2.75) is 19.4 Å². The largest absolute Gasteiger partial charge is 0.508 e. The Morgan fingerprint density at radius 3 is 2.52 bits per heavy atom. The fourth-order valence-electron chi connectivity index (χ4n) is 2.17. The predicted octanol–water partition coefficient (Wildman–Crippen LogP) is 3.43. The molecule has 3 nitrogen and oxygen atoms in total. The van der Waals surface area contributed by atoms with Crippen LogP contribution in [-0.2, 0) is 6.42 Å². The Kier molecular flexibility index (Phi) is 5.17. The van der Waals surface area contributed by atoms with E-state index < -0.39 is 0 Å². The SMILES string of the molecule is COc1ccc(C(C)NCCc2ccc(O)cc2)cc1F. The van der Waals surface area contributed by atoms with E-state index in [4.69, 9.17) is 4.74 Å². The minimum atomic E-state index is -0.345. The molecule has 2 aromatic rings. The molecule has 0 heterocycles. The van der Waals surface area contributed by atoms with Gasteiger partial charge in [-0.1, -0.05) is 18.2 Å². The summed E-state index contributed by atoms with van der Waals surface area (Å²) in [6, 6.07) is 12.2. The monoisotopic (exact) mass is 289 g/mol. The number of halogens is 1. The summed E-state index contributed by atoms with van der Waals surface area (Å²) >= 11 is 0. The second kappa shape index (κ2) is 7.09. The van der Waals surface area contributed by atoms with Crippen LogP contribution >= 0.6 is 0 Å². The molecule has 0 amide bonds. The Morgan fingerprint density at radius 2 is 1.90 bits per heavy atom. The molecule has 112 valence electrons. The summed E-state index contributed by atoms with van der Waals surface area (Å²) in [4.78, 5) is 0. The summed E-state index contributed by atoms with van der Waals surface area (Å²) in [5, 5.41) is 12.6. The van der Waals surface area contributed by atoms with E-state index in [0.29, 0.717) is 0 Å². The first-order valence-corrected chi connectivity index (χ1v) is 6.95. The van der Waals surface area contributed by atoms with Gasteiger partial charge in [-0.25, -0.2) is 4.39 Å². The predicted molar refractivity (Wildman–Crippen MR) is 81.2 cm³/mol. The Labute approximate surface area is 124 Å². The molecule has 0 saturated carbocycles. The number of aromatic hydroxyl groups is 1. The summed E-state index contributed by atoms with van der Waals surface area (Å²) in [7, 11) is 1.46. The molecule has 0 aliphatic heterocycles. The van der Waals surface area contributed by atoms with Crippen molar-refractivity contribution in [1.29, 1.82) is 0 Å². The molecule has 1 atom stereocenters. The highest BCUT2D eigenvalue weighted by atomic mass is 19.1. The highest BCUT2D eigenvalue weighted by Crippen LogP contribution is 2.21. The van der Waals surface area contributed by atoms with Crippen LogP contribution in [-0.4, -0.2) is 18.8 Å². The first kappa shape index (κ1) is 15.3. The molecule has 0 spiro atoms. The third-order valence-corrected chi connectivity index (χ3v) is 3.48. The zero-order chi connectivity index (χ0) is 15.2. The molecule has 0 aliphatic carbocycles. The van der Waals surface area contributed by atoms with Gasteiger partial charge in [-0.2, -0.15) is 0 Å². The standard InChI is InChI=1S/C17H20FNO2/c1-12(14-5-8-17(21-2)16(18)11-14)19-10-9-13-3-6-15(20)7-4-13/h3-8,11-12,19-20H,9-10H2,1-2H3. The molecular weight excluding hydrogens is 269 g/mol. The lowest BCUT2D eigenvalue weighted by molar-refractivity contribution is 0.385. The van der Waals surface area contributed by atoms with Crippen molar-refractivity contribution in [3.63, 3.8) is 0 Å². The van der Waals surface area contributed by atoms with Gasteiger partial charge >= 0.3 is 0 Å². The Bertz CT molecular complexity index is 584. The lowest BCUT2D eigenvalue weighted by Crippen LogP contribution is -2.21. The highest BCUT2D eigenvalue weighted by Gasteiger charge is 2.09. The quantitative estimate of drug-likeness (QED) is 0.856. The van der Waals surface area contributed by atoms with E-state index in [0.717, 1.165) is 24.1 Å². The van der Waals surface area contributed by atoms with Crippen molar-refractivity contribution >= 4 is 0 Å². The molecule has 0 fully saturated rings. The molecule has 1 unspecified atom stereocenters. The third-order valence-electron chi connectivity index (χ3n) is 3.48. The molecule has 4 heteroatoms. The van der Waals surface area contributed by atoms with Crippen molar-refractivity contribution in [2.24, 2.45) is 0 Å². The van der Waals surface area contributed by atoms with Crippen LogP contribution in [0, 0.1) is 5.82 Å². The van der Waals surface area contributed by atoms with Crippen LogP contribution in [0.2, 0.25) is 0 Å². The number of methoxy groups -OCH3 is 1. The fourth-order valence-corrected chi connectivity index (χ4v) is 2.17. The maximum Gasteiger partial charge on any atom is 0.165 e. The average Bonchev–Trinajstić information content (AvgIpc) is 2.49. The van der Waals surface area contributed by atoms with Crippen LogP contribution in [0.15, 0.2) is 42.5 Å². The zero-order valence-electron chi connectivity index (χ0n) is 12.3. The maximum absolute atomic E-state index is 13.7. The second-order valence-corrected chi connectivity index (χ2v) is 4.99. The average molecular weight is 289 g/mol. The second-order valence-electron chi connectivity index (χ2n) is 4.99. The lowest BCUT2D eigenvalue weighted by atomic mass is 10.1. The number of rotatable bonds is 6. The van der Waals surface area contributed by atoms with Gasteiger partial charge in [0.15, 0.2) is 11.6 Å². The van der Waals surface area contributed by atoms with Crippen molar-refractivity contribution in [3.05, 3.63) is 59.4 Å². The minimum absolute atomic E-state index is 0.0579. The number of nitrogens with one attached hydrogen (secondary N) is 1. The number of hydrogen-bond acceptors (Lipinski definition) is 3. The summed E-state index contributed by atoms with van der Waals surface area (Å²) < 4.78 is 18.6. The van der Waals surface area contributed by atoms with Crippen LogP contribution in [0.25, 0.3) is 0 Å². The van der Waals surface area contributed by atoms with Crippen molar-refractivity contribution in [2.75, 3.05) is 13.7 Å². The summed E-state index contributed by atoms with van der Waals surface area (Å²) in [5.74, 6) is 0.186. The number of ether oxygens (including phenoxy) is 1. The van der Waals surface area contributed by atoms with Gasteiger partial charge in [0.25, 0.3) is 0 Å². The summed E-state index contributed by atoms with van der Waals surface area (Å²) in [5.41, 5.74) is 2.03. The van der Waals surface area contributed by atoms with Crippen LogP contribution in [0.1, 0.15) is 24.1 Å². The number of phenols is 1. The summed E-state index contributed by atoms with van der Waals surface area (Å²) in [6.07, 6.45) is 0.850. The zero-order valence-corrected chi connectivity index (χ0v) is 12.3. The van der Waals surface area contributed by atoms with Gasteiger partial charge in [-0.15, -0.1) is 0 Å². The molecule has 0 bridgehead atoms. The van der Waals surface area contributed by atoms with E-state index in [9.17, 15) is 9.50 Å². The van der Waals surface area contributed by atoms with E-state index in [-0.39, 0.29) is 23.4 Å². The van der Waals surface area contributed by atoms with Crippen LogP contribution < -0.4 is 10.1 Å². The van der Waals surface area contributed by atoms with E-state index in [1.165, 1.54) is 13.2 Å². The van der Waals surface area contributed by atoms with Gasteiger partial charge in [-0.05, 0) is 55.3 Å². The highest BCUT2D eigenvalue weighted by molar-refractivity contribution is 5.31. The Morgan fingerprint density at radius 1 is 1.19 bits per heavy atom. The van der Waals surface area contributed by atoms with Gasteiger partial charge < -0.3 is 15.2 Å². The molecule has 0 saturated heterocycles. The lowest BCUT2D eigenvalue weighted by Gasteiger charge is -2.15. The molecule has 2 N–H and O–H groups in total. The summed E-state index contributed by atoms with van der Waals surface area (Å²) in [6.45, 7) is 2.78. The van der Waals surface area contributed by atoms with Gasteiger partial charge in [0.2, 0.25) is 0 Å². The molecule has 2 aromatic carbocycles. The fraction of sp³-hybridized carbons (Fsp3) is 0.294. The normalized spacial score (nSPS) is 12.1. The van der Waals surface area contributed by atoms with Crippen molar-refractivity contribution in [1.82, 2.24) is 5.32 Å². The van der Waals surface area contributed by atoms with E-state index in [1.807, 2.05) is 25.1 Å². The number of hydrogen-bond donors (Lipinski definition) is 2. The molecular formula is C17H20FNO2. The van der Waals surface area contributed by atoms with E-state index in [1.54, 1.807) is 18.2 Å². The molecule has 0 radical (unpaired) electrons. The smallest absolute Gasteiger partial charge is 0.165 e. The van der Waals surface area contributed by atoms with E-state index >= 15 is 0 Å². The number of phenolic OH excluding ortho intramolecular Hbond substituents is 1. The van der Waals surface area contributed by atoms with Crippen molar-refractivity contribution < 1.29 is 14.2 Å². The van der Waals surface area contributed by atoms with Crippen LogP contribution in [0.5, 0.6) is 11.5 Å². The molecule has 0 aromatic heterocycles. The Balaban J connectivity index is 1.88. The van der Waals surface area contributed by atoms with Gasteiger partial charge in [0.1, 0.15) is 5.75 Å². The van der Waals surface area contributed by atoms with Gasteiger partial charge in [-0.3, -0.25) is 0 Å².